The predicted molar refractivity (Wildman–Crippen MR) is 69.5 cm³/mol. The van der Waals surface area contributed by atoms with Gasteiger partial charge in [0, 0.05) is 5.03 Å². The maximum absolute atomic E-state index is 10.3. The SMILES string of the molecule is CC1=C(/C=C/C(Cl)=C\C=O)C(C)(C)CCC1. The Hall–Kier alpha value is -0.820. The van der Waals surface area contributed by atoms with Gasteiger partial charge in [0.2, 0.25) is 0 Å². The number of carbonyl (C=O) groups excluding carboxylic acids is 1. The molecule has 0 amide bonds. The van der Waals surface area contributed by atoms with E-state index in [1.807, 2.05) is 6.08 Å². The molecule has 0 aromatic carbocycles. The van der Waals surface area contributed by atoms with Gasteiger partial charge >= 0.3 is 0 Å². The van der Waals surface area contributed by atoms with Crippen LogP contribution >= 0.6 is 11.6 Å². The molecule has 0 heterocycles. The zero-order chi connectivity index (χ0) is 12.2. The van der Waals surface area contributed by atoms with Crippen molar-refractivity contribution in [2.45, 2.75) is 40.0 Å². The number of hydrogen-bond donors (Lipinski definition) is 0. The largest absolute Gasteiger partial charge is 0.299 e. The van der Waals surface area contributed by atoms with E-state index in [9.17, 15) is 4.79 Å². The molecule has 1 rings (SSSR count). The Kier molecular flexibility index (Phi) is 4.55. The summed E-state index contributed by atoms with van der Waals surface area (Å²) in [7, 11) is 0. The van der Waals surface area contributed by atoms with Crippen LogP contribution in [0.4, 0.5) is 0 Å². The van der Waals surface area contributed by atoms with E-state index in [2.05, 4.69) is 26.8 Å². The minimum absolute atomic E-state index is 0.219. The van der Waals surface area contributed by atoms with Crippen LogP contribution in [0.3, 0.4) is 0 Å². The molecule has 0 aromatic heterocycles. The Morgan fingerprint density at radius 2 is 2.12 bits per heavy atom. The molecule has 0 bridgehead atoms. The van der Waals surface area contributed by atoms with E-state index in [4.69, 9.17) is 11.6 Å². The van der Waals surface area contributed by atoms with Crippen molar-refractivity contribution in [2.75, 3.05) is 0 Å². The van der Waals surface area contributed by atoms with Crippen LogP contribution in [0.25, 0.3) is 0 Å². The maximum atomic E-state index is 10.3. The number of allylic oxidation sites excluding steroid dienone is 6. The highest BCUT2D eigenvalue weighted by Crippen LogP contribution is 2.40. The van der Waals surface area contributed by atoms with Crippen molar-refractivity contribution in [1.29, 1.82) is 0 Å². The van der Waals surface area contributed by atoms with Crippen molar-refractivity contribution in [3.8, 4) is 0 Å². The van der Waals surface area contributed by atoms with Crippen LogP contribution < -0.4 is 0 Å². The van der Waals surface area contributed by atoms with Crippen LogP contribution in [0.1, 0.15) is 40.0 Å². The lowest BCUT2D eigenvalue weighted by atomic mass is 9.73. The van der Waals surface area contributed by atoms with Gasteiger partial charge in [-0.2, -0.15) is 0 Å². The summed E-state index contributed by atoms with van der Waals surface area (Å²) in [5.74, 6) is 0. The monoisotopic (exact) mass is 238 g/mol. The molecule has 0 unspecified atom stereocenters. The molecule has 0 saturated carbocycles. The Balaban J connectivity index is 2.93. The van der Waals surface area contributed by atoms with E-state index in [0.29, 0.717) is 11.3 Å². The predicted octanol–water partition coefficient (Wildman–Crippen LogP) is 4.39. The van der Waals surface area contributed by atoms with E-state index in [-0.39, 0.29) is 5.41 Å². The molecule has 0 aliphatic heterocycles. The highest BCUT2D eigenvalue weighted by atomic mass is 35.5. The van der Waals surface area contributed by atoms with E-state index in [1.165, 1.54) is 30.1 Å². The second-order valence-electron chi connectivity index (χ2n) is 4.95. The zero-order valence-electron chi connectivity index (χ0n) is 10.2. The van der Waals surface area contributed by atoms with Gasteiger partial charge in [-0.25, -0.2) is 0 Å². The third kappa shape index (κ3) is 3.34. The molecule has 0 saturated heterocycles. The van der Waals surface area contributed by atoms with E-state index < -0.39 is 0 Å². The third-order valence-corrected chi connectivity index (χ3v) is 3.43. The molecule has 0 fully saturated rings. The van der Waals surface area contributed by atoms with Gasteiger partial charge in [-0.15, -0.1) is 0 Å². The van der Waals surface area contributed by atoms with Crippen molar-refractivity contribution in [1.82, 2.24) is 0 Å². The van der Waals surface area contributed by atoms with Crippen LogP contribution in [-0.4, -0.2) is 6.29 Å². The van der Waals surface area contributed by atoms with Crippen LogP contribution in [0.15, 0.2) is 34.4 Å². The van der Waals surface area contributed by atoms with E-state index >= 15 is 0 Å². The molecule has 1 aliphatic carbocycles. The van der Waals surface area contributed by atoms with Crippen molar-refractivity contribution in [2.24, 2.45) is 5.41 Å². The Morgan fingerprint density at radius 1 is 1.44 bits per heavy atom. The molecule has 1 aliphatic rings. The summed E-state index contributed by atoms with van der Waals surface area (Å²) in [5, 5.41) is 0.483. The zero-order valence-corrected chi connectivity index (χ0v) is 11.0. The van der Waals surface area contributed by atoms with Gasteiger partial charge in [-0.3, -0.25) is 4.79 Å². The average Bonchev–Trinajstić information content (AvgIpc) is 2.16. The van der Waals surface area contributed by atoms with Gasteiger partial charge < -0.3 is 0 Å². The molecule has 16 heavy (non-hydrogen) atoms. The smallest absolute Gasteiger partial charge is 0.144 e. The fraction of sp³-hybridized carbons (Fsp3) is 0.500. The molecule has 88 valence electrons. The average molecular weight is 239 g/mol. The Bertz CT molecular complexity index is 359. The third-order valence-electron chi connectivity index (χ3n) is 3.18. The Labute approximate surface area is 103 Å². The molecule has 0 aromatic rings. The fourth-order valence-electron chi connectivity index (χ4n) is 2.29. The highest BCUT2D eigenvalue weighted by Gasteiger charge is 2.26. The van der Waals surface area contributed by atoms with Gasteiger partial charge in [0.1, 0.15) is 6.29 Å². The van der Waals surface area contributed by atoms with Crippen LogP contribution in [0.5, 0.6) is 0 Å². The molecular weight excluding hydrogens is 220 g/mol. The molecule has 0 spiro atoms. The lowest BCUT2D eigenvalue weighted by molar-refractivity contribution is -0.104. The van der Waals surface area contributed by atoms with Gasteiger partial charge in [-0.05, 0) is 49.3 Å². The topological polar surface area (TPSA) is 17.1 Å². The maximum Gasteiger partial charge on any atom is 0.144 e. The minimum atomic E-state index is 0.219. The molecule has 0 atom stereocenters. The van der Waals surface area contributed by atoms with Crippen molar-refractivity contribution in [3.63, 3.8) is 0 Å². The summed E-state index contributed by atoms with van der Waals surface area (Å²) in [6.45, 7) is 6.69. The van der Waals surface area contributed by atoms with E-state index in [1.54, 1.807) is 0 Å². The van der Waals surface area contributed by atoms with Gasteiger partial charge in [0.15, 0.2) is 0 Å². The highest BCUT2D eigenvalue weighted by molar-refractivity contribution is 6.32. The number of hydrogen-bond acceptors (Lipinski definition) is 1. The number of halogens is 1. The van der Waals surface area contributed by atoms with E-state index in [0.717, 1.165) is 6.42 Å². The fourth-order valence-corrected chi connectivity index (χ4v) is 2.41. The normalized spacial score (nSPS) is 21.6. The lowest BCUT2D eigenvalue weighted by Gasteiger charge is -2.32. The van der Waals surface area contributed by atoms with Gasteiger partial charge in [0.25, 0.3) is 0 Å². The number of aldehydes is 1. The van der Waals surface area contributed by atoms with Gasteiger partial charge in [-0.1, -0.05) is 37.1 Å². The molecule has 2 heteroatoms. The number of carbonyl (C=O) groups is 1. The summed E-state index contributed by atoms with van der Waals surface area (Å²) in [4.78, 5) is 10.3. The first-order valence-electron chi connectivity index (χ1n) is 5.66. The summed E-state index contributed by atoms with van der Waals surface area (Å²) in [5.41, 5.74) is 3.01. The van der Waals surface area contributed by atoms with Crippen molar-refractivity contribution >= 4 is 17.9 Å². The molecule has 0 N–H and O–H groups in total. The second-order valence-corrected chi connectivity index (χ2v) is 5.39. The summed E-state index contributed by atoms with van der Waals surface area (Å²) >= 11 is 5.86. The lowest BCUT2D eigenvalue weighted by Crippen LogP contribution is -2.18. The number of rotatable bonds is 3. The van der Waals surface area contributed by atoms with Crippen LogP contribution in [0.2, 0.25) is 0 Å². The second kappa shape index (κ2) is 5.49. The Morgan fingerprint density at radius 3 is 2.69 bits per heavy atom. The standard InChI is InChI=1S/C14H19ClO/c1-11-5-4-9-14(2,3)13(11)7-6-12(15)8-10-16/h6-8,10H,4-5,9H2,1-3H3/b7-6+,12-8+. The molecule has 1 nitrogen and oxygen atoms in total. The quantitative estimate of drug-likeness (QED) is 0.405. The first-order chi connectivity index (χ1) is 7.47. The van der Waals surface area contributed by atoms with Gasteiger partial charge in [0.05, 0.1) is 0 Å². The van der Waals surface area contributed by atoms with Crippen molar-refractivity contribution < 1.29 is 4.79 Å². The van der Waals surface area contributed by atoms with Crippen LogP contribution in [0, 0.1) is 5.41 Å². The first kappa shape index (κ1) is 13.2. The summed E-state index contributed by atoms with van der Waals surface area (Å²) in [6, 6.07) is 0. The summed E-state index contributed by atoms with van der Waals surface area (Å²) < 4.78 is 0. The molecule has 0 radical (unpaired) electrons. The van der Waals surface area contributed by atoms with Crippen molar-refractivity contribution in [3.05, 3.63) is 34.4 Å². The molecular formula is C14H19ClO. The first-order valence-corrected chi connectivity index (χ1v) is 6.04. The van der Waals surface area contributed by atoms with Crippen LogP contribution in [-0.2, 0) is 4.79 Å². The summed E-state index contributed by atoms with van der Waals surface area (Å²) in [6.07, 6.45) is 9.56. The minimum Gasteiger partial charge on any atom is -0.299 e.